The summed E-state index contributed by atoms with van der Waals surface area (Å²) in [6.45, 7) is -0.200. The maximum absolute atomic E-state index is 12.7. The van der Waals surface area contributed by atoms with E-state index < -0.39 is 17.8 Å². The van der Waals surface area contributed by atoms with Gasteiger partial charge in [0.25, 0.3) is 17.7 Å². The standard InChI is InChI=1S/C21H13N3O6S/c25-19-14-6-5-12(9-15(14)20(26)24(19)10-13-3-1-7-28-13)21(27)29-11-17-22-18(23-30-17)16-4-2-8-31-16/h1-9H,10-11H2. The normalized spacial score (nSPS) is 13.0. The molecule has 5 rings (SSSR count). The van der Waals surface area contributed by atoms with Crippen LogP contribution in [-0.4, -0.2) is 32.8 Å². The van der Waals surface area contributed by atoms with Gasteiger partial charge in [-0.1, -0.05) is 11.2 Å². The zero-order chi connectivity index (χ0) is 21.4. The first-order valence-corrected chi connectivity index (χ1v) is 10.0. The Morgan fingerprint density at radius 3 is 2.74 bits per heavy atom. The van der Waals surface area contributed by atoms with Gasteiger partial charge in [-0.3, -0.25) is 14.5 Å². The minimum Gasteiger partial charge on any atom is -0.467 e. The van der Waals surface area contributed by atoms with E-state index in [1.54, 1.807) is 12.1 Å². The number of benzene rings is 1. The van der Waals surface area contributed by atoms with E-state index in [0.717, 1.165) is 9.78 Å². The van der Waals surface area contributed by atoms with Gasteiger partial charge in [-0.15, -0.1) is 11.3 Å². The Kier molecular flexibility index (Phi) is 4.68. The minimum atomic E-state index is -0.677. The number of nitrogens with zero attached hydrogens (tertiary/aromatic N) is 3. The summed E-state index contributed by atoms with van der Waals surface area (Å²) < 4.78 is 15.5. The highest BCUT2D eigenvalue weighted by atomic mass is 32.1. The molecule has 0 saturated carbocycles. The average molecular weight is 435 g/mol. The van der Waals surface area contributed by atoms with E-state index in [1.807, 2.05) is 17.5 Å². The molecule has 1 aliphatic heterocycles. The molecular weight excluding hydrogens is 422 g/mol. The molecule has 0 spiro atoms. The number of amides is 2. The molecule has 3 aromatic heterocycles. The van der Waals surface area contributed by atoms with Crippen molar-refractivity contribution in [1.29, 1.82) is 0 Å². The first-order chi connectivity index (χ1) is 15.1. The summed E-state index contributed by atoms with van der Waals surface area (Å²) in [4.78, 5) is 43.8. The predicted octanol–water partition coefficient (Wildman–Crippen LogP) is 3.54. The van der Waals surface area contributed by atoms with Gasteiger partial charge in [-0.2, -0.15) is 4.98 Å². The van der Waals surface area contributed by atoms with Crippen molar-refractivity contribution in [1.82, 2.24) is 15.0 Å². The number of esters is 1. The van der Waals surface area contributed by atoms with Gasteiger partial charge in [0.1, 0.15) is 5.76 Å². The summed E-state index contributed by atoms with van der Waals surface area (Å²) in [5.41, 5.74) is 0.507. The van der Waals surface area contributed by atoms with Crippen LogP contribution in [0.5, 0.6) is 0 Å². The van der Waals surface area contributed by atoms with Crippen LogP contribution in [-0.2, 0) is 17.9 Å². The van der Waals surface area contributed by atoms with Crippen molar-refractivity contribution >= 4 is 29.1 Å². The summed E-state index contributed by atoms with van der Waals surface area (Å²) in [6, 6.07) is 11.3. The van der Waals surface area contributed by atoms with Crippen molar-refractivity contribution in [3.63, 3.8) is 0 Å². The van der Waals surface area contributed by atoms with E-state index in [0.29, 0.717) is 11.6 Å². The summed E-state index contributed by atoms with van der Waals surface area (Å²) in [5.74, 6) is -0.570. The van der Waals surface area contributed by atoms with E-state index in [1.165, 1.54) is 35.8 Å². The molecule has 4 heterocycles. The van der Waals surface area contributed by atoms with E-state index >= 15 is 0 Å². The molecule has 0 unspecified atom stereocenters. The van der Waals surface area contributed by atoms with Crippen molar-refractivity contribution < 1.29 is 28.1 Å². The Bertz CT molecular complexity index is 1280. The van der Waals surface area contributed by atoms with Crippen LogP contribution >= 0.6 is 11.3 Å². The second-order valence-corrected chi connectivity index (χ2v) is 7.55. The topological polar surface area (TPSA) is 116 Å². The molecule has 1 aliphatic rings. The third-order valence-corrected chi connectivity index (χ3v) is 5.50. The molecule has 0 fully saturated rings. The molecular formula is C21H13N3O6S. The molecule has 0 N–H and O–H groups in total. The highest BCUT2D eigenvalue weighted by molar-refractivity contribution is 7.13. The van der Waals surface area contributed by atoms with Gasteiger partial charge in [0.05, 0.1) is 34.4 Å². The van der Waals surface area contributed by atoms with E-state index in [4.69, 9.17) is 13.7 Å². The zero-order valence-corrected chi connectivity index (χ0v) is 16.6. The highest BCUT2D eigenvalue weighted by Crippen LogP contribution is 2.26. The first kappa shape index (κ1) is 18.9. The lowest BCUT2D eigenvalue weighted by atomic mass is 10.1. The quantitative estimate of drug-likeness (QED) is 0.334. The van der Waals surface area contributed by atoms with Gasteiger partial charge < -0.3 is 13.7 Å². The van der Waals surface area contributed by atoms with Gasteiger partial charge in [0, 0.05) is 0 Å². The van der Waals surface area contributed by atoms with Crippen LogP contribution < -0.4 is 0 Å². The molecule has 31 heavy (non-hydrogen) atoms. The number of imide groups is 1. The number of furan rings is 1. The largest absolute Gasteiger partial charge is 0.467 e. The van der Waals surface area contributed by atoms with Crippen LogP contribution in [0.25, 0.3) is 10.7 Å². The van der Waals surface area contributed by atoms with Crippen LogP contribution in [0.15, 0.2) is 63.0 Å². The second kappa shape index (κ2) is 7.65. The number of carbonyl (C=O) groups is 3. The lowest BCUT2D eigenvalue weighted by Gasteiger charge is -2.11. The van der Waals surface area contributed by atoms with Crippen molar-refractivity contribution in [2.45, 2.75) is 13.2 Å². The highest BCUT2D eigenvalue weighted by Gasteiger charge is 2.36. The average Bonchev–Trinajstić information content (AvgIpc) is 3.58. The third-order valence-electron chi connectivity index (χ3n) is 4.64. The second-order valence-electron chi connectivity index (χ2n) is 6.60. The van der Waals surface area contributed by atoms with Crippen molar-refractivity contribution in [2.75, 3.05) is 0 Å². The molecule has 0 atom stereocenters. The number of ether oxygens (including phenoxy) is 1. The predicted molar refractivity (Wildman–Crippen MR) is 106 cm³/mol. The lowest BCUT2D eigenvalue weighted by Crippen LogP contribution is -2.28. The fraction of sp³-hybridized carbons (Fsp3) is 0.0952. The summed E-state index contributed by atoms with van der Waals surface area (Å²) in [7, 11) is 0. The van der Waals surface area contributed by atoms with Crippen molar-refractivity contribution in [3.05, 3.63) is 82.4 Å². The fourth-order valence-corrected chi connectivity index (χ4v) is 3.80. The first-order valence-electron chi connectivity index (χ1n) is 9.16. The lowest BCUT2D eigenvalue weighted by molar-refractivity contribution is 0.0429. The number of carbonyl (C=O) groups excluding carboxylic acids is 3. The Morgan fingerprint density at radius 2 is 1.97 bits per heavy atom. The number of hydrogen-bond acceptors (Lipinski definition) is 9. The van der Waals surface area contributed by atoms with Gasteiger partial charge >= 0.3 is 5.97 Å². The maximum atomic E-state index is 12.7. The third kappa shape index (κ3) is 3.53. The Balaban J connectivity index is 1.28. The van der Waals surface area contributed by atoms with Crippen molar-refractivity contribution in [2.24, 2.45) is 0 Å². The minimum absolute atomic E-state index is 0.0167. The molecule has 0 bridgehead atoms. The molecule has 2 amide bonds. The number of hydrogen-bond donors (Lipinski definition) is 0. The van der Waals surface area contributed by atoms with Gasteiger partial charge in [-0.25, -0.2) is 4.79 Å². The van der Waals surface area contributed by atoms with Gasteiger partial charge in [0.15, 0.2) is 6.61 Å². The molecule has 9 nitrogen and oxygen atoms in total. The molecule has 0 radical (unpaired) electrons. The van der Waals surface area contributed by atoms with Crippen LogP contribution in [0.1, 0.15) is 42.7 Å². The summed E-state index contributed by atoms with van der Waals surface area (Å²) in [6.07, 6.45) is 1.47. The Labute approximate surface area is 178 Å². The van der Waals surface area contributed by atoms with E-state index in [-0.39, 0.29) is 35.7 Å². The summed E-state index contributed by atoms with van der Waals surface area (Å²) in [5, 5.41) is 5.74. The van der Waals surface area contributed by atoms with Crippen LogP contribution in [0.4, 0.5) is 0 Å². The number of aromatic nitrogens is 2. The van der Waals surface area contributed by atoms with E-state index in [2.05, 4.69) is 10.1 Å². The monoisotopic (exact) mass is 435 g/mol. The number of thiophene rings is 1. The number of fused-ring (bicyclic) bond motifs is 1. The smallest absolute Gasteiger partial charge is 0.338 e. The summed E-state index contributed by atoms with van der Waals surface area (Å²) >= 11 is 1.46. The van der Waals surface area contributed by atoms with E-state index in [9.17, 15) is 14.4 Å². The van der Waals surface area contributed by atoms with Gasteiger partial charge in [0.2, 0.25) is 5.82 Å². The maximum Gasteiger partial charge on any atom is 0.338 e. The molecule has 0 aliphatic carbocycles. The molecule has 154 valence electrons. The zero-order valence-electron chi connectivity index (χ0n) is 15.8. The Hall–Kier alpha value is -4.05. The van der Waals surface area contributed by atoms with Crippen LogP contribution in [0.3, 0.4) is 0 Å². The molecule has 10 heteroatoms. The Morgan fingerprint density at radius 1 is 1.10 bits per heavy atom. The molecule has 4 aromatic rings. The SMILES string of the molecule is O=C(OCc1nc(-c2cccs2)no1)c1ccc2c(c1)C(=O)N(Cc1ccco1)C2=O. The number of rotatable bonds is 6. The fourth-order valence-electron chi connectivity index (χ4n) is 3.15. The van der Waals surface area contributed by atoms with Gasteiger partial charge in [-0.05, 0) is 41.8 Å². The van der Waals surface area contributed by atoms with Crippen LogP contribution in [0, 0.1) is 0 Å². The van der Waals surface area contributed by atoms with Crippen LogP contribution in [0.2, 0.25) is 0 Å². The molecule has 0 saturated heterocycles. The van der Waals surface area contributed by atoms with Crippen molar-refractivity contribution in [3.8, 4) is 10.7 Å². The molecule has 1 aromatic carbocycles.